The van der Waals surface area contributed by atoms with Gasteiger partial charge in [-0.15, -0.1) is 0 Å². The summed E-state index contributed by atoms with van der Waals surface area (Å²) in [5.74, 6) is 0. The Balaban J connectivity index is 0.000000226. The summed E-state index contributed by atoms with van der Waals surface area (Å²) in [4.78, 5) is 0. The third-order valence-corrected chi connectivity index (χ3v) is 23.1. The zero-order valence-electron chi connectivity index (χ0n) is 43.6. The second-order valence-corrected chi connectivity index (χ2v) is 29.6. The fraction of sp³-hybridized carbons (Fsp3) is 0.101. The number of benzene rings is 11. The van der Waals surface area contributed by atoms with Crippen LogP contribution in [0, 0.1) is 27.7 Å². The molecule has 0 amide bonds. The van der Waals surface area contributed by atoms with Crippen molar-refractivity contribution in [2.24, 2.45) is 0 Å². The summed E-state index contributed by atoms with van der Waals surface area (Å²) in [5, 5.41) is 16.4. The summed E-state index contributed by atoms with van der Waals surface area (Å²) >= 11 is -0.346. The van der Waals surface area contributed by atoms with Gasteiger partial charge in [0.1, 0.15) is 31.8 Å². The van der Waals surface area contributed by atoms with Gasteiger partial charge in [-0.2, -0.15) is 0 Å². The summed E-state index contributed by atoms with van der Waals surface area (Å²) in [7, 11) is 5.80. The molecule has 1 nitrogen and oxygen atoms in total. The van der Waals surface area contributed by atoms with Gasteiger partial charge in [0, 0.05) is 11.1 Å². The van der Waals surface area contributed by atoms with Crippen molar-refractivity contribution in [2.75, 3.05) is 0 Å². The van der Waals surface area contributed by atoms with Crippen molar-refractivity contribution in [2.45, 2.75) is 46.3 Å². The molecule has 0 bridgehead atoms. The van der Waals surface area contributed by atoms with E-state index < -0.39 is 23.8 Å². The van der Waals surface area contributed by atoms with Crippen molar-refractivity contribution in [1.29, 1.82) is 0 Å². The van der Waals surface area contributed by atoms with E-state index in [0.717, 1.165) is 0 Å². The molecule has 0 aliphatic rings. The van der Waals surface area contributed by atoms with Crippen LogP contribution in [0.15, 0.2) is 261 Å². The van der Waals surface area contributed by atoms with E-state index in [1.54, 1.807) is 0 Å². The van der Waals surface area contributed by atoms with E-state index in [4.69, 9.17) is 25.1 Å². The normalized spacial score (nSPS) is 12.0. The first kappa shape index (κ1) is 55.2. The molecule has 0 aromatic heterocycles. The van der Waals surface area contributed by atoms with E-state index in [1.165, 1.54) is 103 Å². The Bertz CT molecular complexity index is 3290. The van der Waals surface area contributed by atoms with Crippen LogP contribution in [0.2, 0.25) is 0 Å². The standard InChI is InChI=1S/C48H40P2.C21H21NP.2ClH.Ru/c1-33-13-23-39(24-14-33)49(40-25-15-34(2)16-26-40)45-31-21-37-9-5-7-11-43(37)47(45)48-44-12-8-6-10-38(44)22-32-46(48)50(41-27-17-35(3)18-28-41)42-29-19-36(4)20-30-42;1-17(22)21(18-11-5-2-6-12-18)23(19-13-7-3-8-14-19)20-15-9-4-10-16-20;;;/h5-32H,1-4H3;2-17,21-22H,1H3;2*1H;/q;-1;;;+2/p+1/t;17-,21+;;;/m.1.../s1. The van der Waals surface area contributed by atoms with Crippen molar-refractivity contribution in [3.8, 4) is 11.1 Å². The summed E-state index contributed by atoms with van der Waals surface area (Å²) in [5.41, 5.74) is 17.9. The number of halogens is 2. The molecular formula is C69H64Cl2NP3Ru+2. The van der Waals surface area contributed by atoms with Gasteiger partial charge in [0.05, 0.1) is 40.0 Å². The van der Waals surface area contributed by atoms with Gasteiger partial charge in [0.25, 0.3) is 0 Å². The molecule has 0 fully saturated rings. The number of nitrogens with one attached hydrogen (secondary N) is 1. The molecule has 11 aromatic carbocycles. The van der Waals surface area contributed by atoms with Crippen molar-refractivity contribution in [3.63, 3.8) is 0 Å². The van der Waals surface area contributed by atoms with Crippen LogP contribution in [0.5, 0.6) is 0 Å². The van der Waals surface area contributed by atoms with Crippen LogP contribution in [0.4, 0.5) is 0 Å². The Morgan fingerprint density at radius 1 is 0.342 bits per heavy atom. The topological polar surface area (TPSA) is 23.8 Å². The van der Waals surface area contributed by atoms with E-state index in [0.29, 0.717) is 0 Å². The number of aryl methyl sites for hydroxylation is 4. The van der Waals surface area contributed by atoms with Gasteiger partial charge in [-0.05, 0) is 140 Å². The fourth-order valence-corrected chi connectivity index (χ4v) is 19.1. The van der Waals surface area contributed by atoms with Crippen LogP contribution in [0.25, 0.3) is 38.4 Å². The third-order valence-electron chi connectivity index (χ3n) is 14.1. The van der Waals surface area contributed by atoms with Gasteiger partial charge in [0.15, 0.2) is 0 Å². The van der Waals surface area contributed by atoms with Crippen molar-refractivity contribution in [1.82, 2.24) is 0 Å². The molecule has 11 aromatic rings. The van der Waals surface area contributed by atoms with Crippen LogP contribution >= 0.6 is 43.1 Å². The molecule has 11 rings (SSSR count). The van der Waals surface area contributed by atoms with Gasteiger partial charge in [-0.3, -0.25) is 0 Å². The summed E-state index contributed by atoms with van der Waals surface area (Å²) in [6, 6.07) is 96.9. The van der Waals surface area contributed by atoms with Gasteiger partial charge in [0.2, 0.25) is 0 Å². The molecule has 380 valence electrons. The number of rotatable bonds is 12. The summed E-state index contributed by atoms with van der Waals surface area (Å²) in [6.45, 7) is 10.8. The Morgan fingerprint density at radius 3 is 0.947 bits per heavy atom. The number of fused-ring (bicyclic) bond motifs is 2. The molecular weight excluding hydrogens is 1110 g/mol. The van der Waals surface area contributed by atoms with E-state index >= 15 is 0 Å². The van der Waals surface area contributed by atoms with Crippen LogP contribution in [-0.4, -0.2) is 6.04 Å². The predicted molar refractivity (Wildman–Crippen MR) is 341 cm³/mol. The van der Waals surface area contributed by atoms with Crippen molar-refractivity contribution >= 4 is 107 Å². The van der Waals surface area contributed by atoms with Gasteiger partial charge < -0.3 is 5.73 Å². The molecule has 0 saturated heterocycles. The van der Waals surface area contributed by atoms with Crippen LogP contribution in [-0.2, 0) is 15.1 Å². The van der Waals surface area contributed by atoms with Gasteiger partial charge in [-0.1, -0.05) is 211 Å². The van der Waals surface area contributed by atoms with Gasteiger partial charge >= 0.3 is 34.5 Å². The van der Waals surface area contributed by atoms with Crippen LogP contribution < -0.4 is 42.4 Å². The fourth-order valence-electron chi connectivity index (χ4n) is 10.5. The first-order valence-electron chi connectivity index (χ1n) is 25.8. The zero-order valence-corrected chi connectivity index (χ0v) is 49.8. The van der Waals surface area contributed by atoms with Crippen LogP contribution in [0.3, 0.4) is 0 Å². The van der Waals surface area contributed by atoms with E-state index in [1.807, 2.05) is 13.0 Å². The minimum absolute atomic E-state index is 0.147. The SMILES string of the molecule is C[C@@H]([NH-])[C@@H](c1ccccc1)[PH+](c1ccccc1)c1ccccc1.Cc1ccc([PH+](c2ccc(C)cc2)c2ccc3ccccc3c2-c2c([PH+](c3ccc(C)cc3)c3ccc(C)cc3)ccc3ccccc23)cc1.[Cl][Ru][Cl]. The first-order valence-corrected chi connectivity index (χ1v) is 34.8. The summed E-state index contributed by atoms with van der Waals surface area (Å²) in [6.07, 6.45) is 0. The Hall–Kier alpha value is -5.61. The second-order valence-electron chi connectivity index (χ2n) is 19.5. The molecule has 0 aliphatic carbocycles. The molecule has 0 radical (unpaired) electrons. The average molecular weight is 1170 g/mol. The van der Waals surface area contributed by atoms with Gasteiger partial charge in [-0.25, -0.2) is 0 Å². The maximum absolute atomic E-state index is 8.53. The zero-order chi connectivity index (χ0) is 53.0. The molecule has 0 aliphatic heterocycles. The van der Waals surface area contributed by atoms with Crippen LogP contribution in [0.1, 0.15) is 40.4 Å². The van der Waals surface area contributed by atoms with E-state index in [9.17, 15) is 0 Å². The molecule has 0 saturated carbocycles. The van der Waals surface area contributed by atoms with E-state index in [-0.39, 0.29) is 26.8 Å². The maximum atomic E-state index is 8.53. The Labute approximate surface area is 470 Å². The molecule has 0 unspecified atom stereocenters. The Morgan fingerprint density at radius 2 is 0.632 bits per heavy atom. The average Bonchev–Trinajstić information content (AvgIpc) is 3.45. The molecule has 0 spiro atoms. The predicted octanol–water partition coefficient (Wildman–Crippen LogP) is 16.3. The molecule has 76 heavy (non-hydrogen) atoms. The van der Waals surface area contributed by atoms with E-state index in [2.05, 4.69) is 282 Å². The first-order chi connectivity index (χ1) is 37.1. The number of hydrogen-bond acceptors (Lipinski definition) is 0. The molecule has 2 atom stereocenters. The van der Waals surface area contributed by atoms with Crippen molar-refractivity contribution in [3.05, 3.63) is 294 Å². The monoisotopic (exact) mass is 1170 g/mol. The number of hydrogen-bond donors (Lipinski definition) is 0. The molecule has 7 heteroatoms. The second kappa shape index (κ2) is 26.6. The molecule has 0 heterocycles. The summed E-state index contributed by atoms with van der Waals surface area (Å²) < 4.78 is 0. The van der Waals surface area contributed by atoms with Crippen molar-refractivity contribution < 1.29 is 15.1 Å². The Kier molecular flexibility index (Phi) is 19.3. The minimum atomic E-state index is -1.42. The quantitative estimate of drug-likeness (QED) is 0.0860. The third kappa shape index (κ3) is 13.0. The molecule has 1 N–H and O–H groups in total.